The van der Waals surface area contributed by atoms with Crippen LogP contribution in [0.25, 0.3) is 22.6 Å². The van der Waals surface area contributed by atoms with Crippen molar-refractivity contribution < 1.29 is 4.79 Å². The number of H-pyrrole nitrogens is 1. The minimum Gasteiger partial charge on any atom is -0.368 e. The lowest BCUT2D eigenvalue weighted by Crippen LogP contribution is -2.12. The van der Waals surface area contributed by atoms with E-state index in [9.17, 15) is 4.79 Å². The fraction of sp³-hybridized carbons (Fsp3) is 0.167. The number of hydrogen-bond donors (Lipinski definition) is 3. The van der Waals surface area contributed by atoms with Crippen LogP contribution in [0.4, 0.5) is 5.95 Å². The van der Waals surface area contributed by atoms with Crippen LogP contribution in [0.2, 0.25) is 0 Å². The molecule has 6 nitrogen and oxygen atoms in total. The average Bonchev–Trinajstić information content (AvgIpc) is 2.95. The topological polar surface area (TPSA) is 111 Å². The van der Waals surface area contributed by atoms with Crippen molar-refractivity contribution in [3.63, 3.8) is 0 Å². The second-order valence-electron chi connectivity index (χ2n) is 4.91. The van der Waals surface area contributed by atoms with Crippen LogP contribution in [0.5, 0.6) is 0 Å². The molecule has 5 N–H and O–H groups in total. The zero-order valence-electron chi connectivity index (χ0n) is 14.0. The van der Waals surface area contributed by atoms with E-state index in [2.05, 4.69) is 15.0 Å². The van der Waals surface area contributed by atoms with Gasteiger partial charge in [0.05, 0.1) is 22.6 Å². The number of aromatic amines is 1. The summed E-state index contributed by atoms with van der Waals surface area (Å²) in [5, 5.41) is 0. The predicted octanol–water partition coefficient (Wildman–Crippen LogP) is 3.15. The van der Waals surface area contributed by atoms with Gasteiger partial charge in [0, 0.05) is 6.20 Å². The van der Waals surface area contributed by atoms with Gasteiger partial charge < -0.3 is 16.5 Å². The molecule has 1 aromatic carbocycles. The first-order valence-electron chi connectivity index (χ1n) is 7.74. The molecule has 0 aliphatic rings. The van der Waals surface area contributed by atoms with Crippen molar-refractivity contribution in [2.24, 2.45) is 5.73 Å². The van der Waals surface area contributed by atoms with E-state index in [0.717, 1.165) is 11.1 Å². The van der Waals surface area contributed by atoms with Crippen molar-refractivity contribution in [1.82, 2.24) is 15.0 Å². The SMILES string of the molecule is CC.Cc1c(-c2ccnc(N)n2)[nH]c(-c2ccccc2)c1C(N)=O. The van der Waals surface area contributed by atoms with Gasteiger partial charge in [0.25, 0.3) is 5.91 Å². The van der Waals surface area contributed by atoms with E-state index in [1.165, 1.54) is 0 Å². The number of primary amides is 1. The fourth-order valence-corrected chi connectivity index (χ4v) is 2.49. The highest BCUT2D eigenvalue weighted by Gasteiger charge is 2.21. The molecule has 3 rings (SSSR count). The Labute approximate surface area is 141 Å². The smallest absolute Gasteiger partial charge is 0.251 e. The highest BCUT2D eigenvalue weighted by atomic mass is 16.1. The highest BCUT2D eigenvalue weighted by molar-refractivity contribution is 6.02. The number of rotatable bonds is 3. The third-order valence-electron chi connectivity index (χ3n) is 3.49. The van der Waals surface area contributed by atoms with Gasteiger partial charge in [-0.3, -0.25) is 4.79 Å². The van der Waals surface area contributed by atoms with Gasteiger partial charge in [-0.15, -0.1) is 0 Å². The average molecular weight is 323 g/mol. The van der Waals surface area contributed by atoms with Crippen LogP contribution in [0.3, 0.4) is 0 Å². The Morgan fingerprint density at radius 1 is 1.08 bits per heavy atom. The molecule has 0 unspecified atom stereocenters. The lowest BCUT2D eigenvalue weighted by atomic mass is 10.0. The van der Waals surface area contributed by atoms with E-state index in [1.807, 2.05) is 51.1 Å². The van der Waals surface area contributed by atoms with E-state index in [-0.39, 0.29) is 5.95 Å². The molecule has 1 amide bonds. The van der Waals surface area contributed by atoms with Crippen molar-refractivity contribution in [2.45, 2.75) is 20.8 Å². The van der Waals surface area contributed by atoms with Crippen LogP contribution in [-0.2, 0) is 0 Å². The van der Waals surface area contributed by atoms with Crippen molar-refractivity contribution in [2.75, 3.05) is 5.73 Å². The number of carbonyl (C=O) groups is 1. The minimum absolute atomic E-state index is 0.174. The molecule has 0 saturated carbocycles. The summed E-state index contributed by atoms with van der Waals surface area (Å²) < 4.78 is 0. The quantitative estimate of drug-likeness (QED) is 0.687. The van der Waals surface area contributed by atoms with Crippen LogP contribution < -0.4 is 11.5 Å². The number of nitrogens with one attached hydrogen (secondary N) is 1. The van der Waals surface area contributed by atoms with Crippen LogP contribution in [-0.4, -0.2) is 20.9 Å². The summed E-state index contributed by atoms with van der Waals surface area (Å²) in [5.74, 6) is -0.311. The molecule has 0 aliphatic heterocycles. The molecule has 0 atom stereocenters. The minimum atomic E-state index is -0.485. The molecule has 6 heteroatoms. The van der Waals surface area contributed by atoms with E-state index in [1.54, 1.807) is 12.3 Å². The summed E-state index contributed by atoms with van der Waals surface area (Å²) in [6.07, 6.45) is 1.57. The molecular formula is C18H21N5O. The number of anilines is 1. The van der Waals surface area contributed by atoms with E-state index in [0.29, 0.717) is 22.6 Å². The van der Waals surface area contributed by atoms with Gasteiger partial charge >= 0.3 is 0 Å². The number of aromatic nitrogens is 3. The lowest BCUT2D eigenvalue weighted by Gasteiger charge is -2.01. The molecule has 0 spiro atoms. The molecule has 0 bridgehead atoms. The fourth-order valence-electron chi connectivity index (χ4n) is 2.49. The molecule has 3 aromatic rings. The molecule has 2 aromatic heterocycles. The maximum absolute atomic E-state index is 11.9. The maximum Gasteiger partial charge on any atom is 0.251 e. The maximum atomic E-state index is 11.9. The Morgan fingerprint density at radius 2 is 1.75 bits per heavy atom. The van der Waals surface area contributed by atoms with Crippen molar-refractivity contribution in [3.8, 4) is 22.6 Å². The van der Waals surface area contributed by atoms with E-state index >= 15 is 0 Å². The van der Waals surface area contributed by atoms with Crippen LogP contribution >= 0.6 is 0 Å². The van der Waals surface area contributed by atoms with Crippen molar-refractivity contribution in [1.29, 1.82) is 0 Å². The van der Waals surface area contributed by atoms with Gasteiger partial charge in [-0.25, -0.2) is 9.97 Å². The van der Waals surface area contributed by atoms with Crippen molar-refractivity contribution in [3.05, 3.63) is 53.7 Å². The Morgan fingerprint density at radius 3 is 2.33 bits per heavy atom. The number of nitrogens with two attached hydrogens (primary N) is 2. The van der Waals surface area contributed by atoms with Gasteiger partial charge in [-0.05, 0) is 24.1 Å². The second-order valence-corrected chi connectivity index (χ2v) is 4.91. The largest absolute Gasteiger partial charge is 0.368 e. The van der Waals surface area contributed by atoms with Gasteiger partial charge in [0.1, 0.15) is 0 Å². The Kier molecular flexibility index (Phi) is 5.31. The summed E-state index contributed by atoms with van der Waals surface area (Å²) in [4.78, 5) is 23.2. The number of nitrogen functional groups attached to an aromatic ring is 1. The Balaban J connectivity index is 0.00000100. The first kappa shape index (κ1) is 17.2. The standard InChI is InChI=1S/C16H15N5O.C2H6/c1-9-12(15(17)22)14(10-5-3-2-4-6-10)21-13(9)11-7-8-19-16(18)20-11;1-2/h2-8,21H,1H3,(H2,17,22)(H2,18,19,20);1-2H3. The zero-order chi connectivity index (χ0) is 17.7. The normalized spacial score (nSPS) is 9.96. The third-order valence-corrected chi connectivity index (χ3v) is 3.49. The molecule has 0 aliphatic carbocycles. The summed E-state index contributed by atoms with van der Waals surface area (Å²) >= 11 is 0. The third kappa shape index (κ3) is 3.27. The number of carbonyl (C=O) groups excluding carboxylic acids is 1. The summed E-state index contributed by atoms with van der Waals surface area (Å²) in [6.45, 7) is 5.83. The molecule has 2 heterocycles. The molecule has 24 heavy (non-hydrogen) atoms. The highest BCUT2D eigenvalue weighted by Crippen LogP contribution is 2.32. The van der Waals surface area contributed by atoms with E-state index < -0.39 is 5.91 Å². The Bertz CT molecular complexity index is 840. The van der Waals surface area contributed by atoms with E-state index in [4.69, 9.17) is 11.5 Å². The van der Waals surface area contributed by atoms with Gasteiger partial charge in [0.2, 0.25) is 5.95 Å². The van der Waals surface area contributed by atoms with Gasteiger partial charge in [-0.1, -0.05) is 44.2 Å². The molecule has 0 fully saturated rings. The number of hydrogen-bond acceptors (Lipinski definition) is 4. The molecule has 0 radical (unpaired) electrons. The molecular weight excluding hydrogens is 302 g/mol. The molecule has 124 valence electrons. The summed E-state index contributed by atoms with van der Waals surface area (Å²) in [5.41, 5.74) is 15.3. The number of nitrogens with zero attached hydrogens (tertiary/aromatic N) is 2. The first-order valence-corrected chi connectivity index (χ1v) is 7.74. The summed E-state index contributed by atoms with van der Waals surface area (Å²) in [7, 11) is 0. The van der Waals surface area contributed by atoms with Crippen molar-refractivity contribution >= 4 is 11.9 Å². The summed E-state index contributed by atoms with van der Waals surface area (Å²) in [6, 6.07) is 11.3. The van der Waals surface area contributed by atoms with Crippen LogP contribution in [0.15, 0.2) is 42.6 Å². The predicted molar refractivity (Wildman–Crippen MR) is 96.3 cm³/mol. The molecule has 0 saturated heterocycles. The van der Waals surface area contributed by atoms with Crippen LogP contribution in [0, 0.1) is 6.92 Å². The first-order chi connectivity index (χ1) is 11.6. The second kappa shape index (κ2) is 7.41. The lowest BCUT2D eigenvalue weighted by molar-refractivity contribution is 0.100. The van der Waals surface area contributed by atoms with Crippen LogP contribution in [0.1, 0.15) is 29.8 Å². The Hall–Kier alpha value is -3.15. The zero-order valence-corrected chi connectivity index (χ0v) is 14.0. The number of amides is 1. The number of benzene rings is 1. The monoisotopic (exact) mass is 323 g/mol. The van der Waals surface area contributed by atoms with Gasteiger partial charge in [-0.2, -0.15) is 0 Å². The van der Waals surface area contributed by atoms with Gasteiger partial charge in [0.15, 0.2) is 0 Å².